The molecule has 2 heterocycles. The predicted octanol–water partition coefficient (Wildman–Crippen LogP) is 0.669. The molecule has 1 aromatic carbocycles. The average Bonchev–Trinajstić information content (AvgIpc) is 2.84. The molecule has 0 unspecified atom stereocenters. The quantitative estimate of drug-likeness (QED) is 0.773. The topological polar surface area (TPSA) is 100 Å². The molecule has 1 aromatic heterocycles. The molecule has 0 spiro atoms. The second kappa shape index (κ2) is 5.01. The van der Waals surface area contributed by atoms with Crippen LogP contribution in [0.15, 0.2) is 24.3 Å². The molecule has 0 saturated carbocycles. The maximum atomic E-state index is 12.1. The van der Waals surface area contributed by atoms with E-state index in [1.807, 2.05) is 18.2 Å². The summed E-state index contributed by atoms with van der Waals surface area (Å²) < 4.78 is 5.15. The predicted molar refractivity (Wildman–Crippen MR) is 77.3 cm³/mol. The monoisotopic (exact) mass is 288 g/mol. The summed E-state index contributed by atoms with van der Waals surface area (Å²) in [6.07, 6.45) is 0. The van der Waals surface area contributed by atoms with Gasteiger partial charge in [0.25, 0.3) is 5.91 Å². The van der Waals surface area contributed by atoms with Crippen molar-refractivity contribution >= 4 is 22.8 Å². The SMILES string of the molecule is COc1ccc2cc(C(=O)NC3CN(C(N)=O)C3)[nH]c2c1. The number of hydrogen-bond acceptors (Lipinski definition) is 3. The van der Waals surface area contributed by atoms with Gasteiger partial charge in [0.05, 0.1) is 13.2 Å². The van der Waals surface area contributed by atoms with E-state index in [0.29, 0.717) is 18.8 Å². The molecule has 4 N–H and O–H groups in total. The number of nitrogens with two attached hydrogens (primary N) is 1. The molecular formula is C14H16N4O3. The first kappa shape index (κ1) is 13.3. The summed E-state index contributed by atoms with van der Waals surface area (Å²) in [7, 11) is 1.60. The first-order chi connectivity index (χ1) is 10.1. The molecule has 2 aromatic rings. The van der Waals surface area contributed by atoms with Gasteiger partial charge in [-0.1, -0.05) is 0 Å². The van der Waals surface area contributed by atoms with Crippen LogP contribution in [0.25, 0.3) is 10.9 Å². The molecule has 0 radical (unpaired) electrons. The van der Waals surface area contributed by atoms with Crippen LogP contribution in [-0.2, 0) is 0 Å². The Kier molecular flexibility index (Phi) is 3.17. The average molecular weight is 288 g/mol. The maximum Gasteiger partial charge on any atom is 0.314 e. The maximum absolute atomic E-state index is 12.1. The van der Waals surface area contributed by atoms with Gasteiger partial charge in [-0.15, -0.1) is 0 Å². The van der Waals surface area contributed by atoms with E-state index < -0.39 is 6.03 Å². The zero-order valence-electron chi connectivity index (χ0n) is 11.6. The van der Waals surface area contributed by atoms with Crippen LogP contribution >= 0.6 is 0 Å². The third kappa shape index (κ3) is 2.49. The highest BCUT2D eigenvalue weighted by Crippen LogP contribution is 2.21. The molecule has 3 rings (SSSR count). The van der Waals surface area contributed by atoms with Crippen molar-refractivity contribution in [1.82, 2.24) is 15.2 Å². The number of aromatic nitrogens is 1. The van der Waals surface area contributed by atoms with E-state index in [2.05, 4.69) is 10.3 Å². The minimum atomic E-state index is -0.460. The number of hydrogen-bond donors (Lipinski definition) is 3. The Hall–Kier alpha value is -2.70. The highest BCUT2D eigenvalue weighted by atomic mass is 16.5. The van der Waals surface area contributed by atoms with E-state index >= 15 is 0 Å². The first-order valence-electron chi connectivity index (χ1n) is 6.59. The standard InChI is InChI=1S/C14H16N4O3/c1-21-10-3-2-8-4-12(17-11(8)5-10)13(19)16-9-6-18(7-9)14(15)20/h2-5,9,17H,6-7H2,1H3,(H2,15,20)(H,16,19). The Morgan fingerprint density at radius 1 is 1.38 bits per heavy atom. The number of primary amides is 1. The number of aromatic amines is 1. The second-order valence-corrected chi connectivity index (χ2v) is 5.05. The normalized spacial score (nSPS) is 14.8. The van der Waals surface area contributed by atoms with Crippen molar-refractivity contribution < 1.29 is 14.3 Å². The fraction of sp³-hybridized carbons (Fsp3) is 0.286. The molecule has 0 atom stereocenters. The summed E-state index contributed by atoms with van der Waals surface area (Å²) in [4.78, 5) is 27.6. The highest BCUT2D eigenvalue weighted by molar-refractivity contribution is 5.98. The van der Waals surface area contributed by atoms with Crippen LogP contribution in [0.1, 0.15) is 10.5 Å². The number of methoxy groups -OCH3 is 1. The lowest BCUT2D eigenvalue weighted by molar-refractivity contribution is 0.0857. The van der Waals surface area contributed by atoms with Crippen LogP contribution in [-0.4, -0.2) is 48.1 Å². The number of amides is 3. The second-order valence-electron chi connectivity index (χ2n) is 5.05. The number of urea groups is 1. The molecular weight excluding hydrogens is 272 g/mol. The van der Waals surface area contributed by atoms with Gasteiger partial charge in [0.15, 0.2) is 0 Å². The number of nitrogens with one attached hydrogen (secondary N) is 2. The van der Waals surface area contributed by atoms with Crippen molar-refractivity contribution in [2.75, 3.05) is 20.2 Å². The summed E-state index contributed by atoms with van der Waals surface area (Å²) in [6, 6.07) is 6.84. The summed E-state index contributed by atoms with van der Waals surface area (Å²) in [6.45, 7) is 0.907. The van der Waals surface area contributed by atoms with Gasteiger partial charge in [0, 0.05) is 30.1 Å². The Morgan fingerprint density at radius 3 is 2.81 bits per heavy atom. The van der Waals surface area contributed by atoms with Gasteiger partial charge in [-0.3, -0.25) is 4.79 Å². The van der Waals surface area contributed by atoms with E-state index in [1.165, 1.54) is 4.90 Å². The lowest BCUT2D eigenvalue weighted by Crippen LogP contribution is -2.62. The lowest BCUT2D eigenvalue weighted by atomic mass is 10.1. The molecule has 3 amide bonds. The molecule has 110 valence electrons. The molecule has 21 heavy (non-hydrogen) atoms. The van der Waals surface area contributed by atoms with Gasteiger partial charge in [-0.25, -0.2) is 4.79 Å². The molecule has 0 aliphatic carbocycles. The minimum absolute atomic E-state index is 0.0500. The zero-order valence-corrected chi connectivity index (χ0v) is 11.6. The number of fused-ring (bicyclic) bond motifs is 1. The highest BCUT2D eigenvalue weighted by Gasteiger charge is 2.30. The zero-order chi connectivity index (χ0) is 15.0. The third-order valence-electron chi connectivity index (χ3n) is 3.60. The van der Waals surface area contributed by atoms with Crippen LogP contribution < -0.4 is 15.8 Å². The van der Waals surface area contributed by atoms with Crippen molar-refractivity contribution in [3.63, 3.8) is 0 Å². The van der Waals surface area contributed by atoms with Gasteiger partial charge < -0.3 is 25.7 Å². The molecule has 7 nitrogen and oxygen atoms in total. The Morgan fingerprint density at radius 2 is 2.14 bits per heavy atom. The van der Waals surface area contributed by atoms with Crippen molar-refractivity contribution in [3.05, 3.63) is 30.0 Å². The van der Waals surface area contributed by atoms with Crippen LogP contribution in [0.3, 0.4) is 0 Å². The van der Waals surface area contributed by atoms with E-state index in [4.69, 9.17) is 10.5 Å². The number of ether oxygens (including phenoxy) is 1. The number of H-pyrrole nitrogens is 1. The summed E-state index contributed by atoms with van der Waals surface area (Å²) in [5.74, 6) is 0.534. The largest absolute Gasteiger partial charge is 0.497 e. The Bertz CT molecular complexity index is 703. The molecule has 1 aliphatic rings. The fourth-order valence-corrected chi connectivity index (χ4v) is 2.37. The van der Waals surface area contributed by atoms with Gasteiger partial charge in [-0.2, -0.15) is 0 Å². The molecule has 1 saturated heterocycles. The number of benzene rings is 1. The number of carbonyl (C=O) groups is 2. The smallest absolute Gasteiger partial charge is 0.314 e. The van der Waals surface area contributed by atoms with Crippen molar-refractivity contribution in [3.8, 4) is 5.75 Å². The van der Waals surface area contributed by atoms with E-state index in [1.54, 1.807) is 13.2 Å². The molecule has 1 aliphatic heterocycles. The van der Waals surface area contributed by atoms with Crippen molar-refractivity contribution in [2.45, 2.75) is 6.04 Å². The van der Waals surface area contributed by atoms with E-state index in [-0.39, 0.29) is 11.9 Å². The fourth-order valence-electron chi connectivity index (χ4n) is 2.37. The number of likely N-dealkylation sites (tertiary alicyclic amines) is 1. The third-order valence-corrected chi connectivity index (χ3v) is 3.60. The van der Waals surface area contributed by atoms with Gasteiger partial charge in [0.2, 0.25) is 0 Å². The van der Waals surface area contributed by atoms with E-state index in [9.17, 15) is 9.59 Å². The number of nitrogens with zero attached hydrogens (tertiary/aromatic N) is 1. The van der Waals surface area contributed by atoms with Crippen molar-refractivity contribution in [2.24, 2.45) is 5.73 Å². The molecule has 1 fully saturated rings. The van der Waals surface area contributed by atoms with Crippen molar-refractivity contribution in [1.29, 1.82) is 0 Å². The van der Waals surface area contributed by atoms with Crippen LogP contribution in [0, 0.1) is 0 Å². The molecule has 0 bridgehead atoms. The summed E-state index contributed by atoms with van der Waals surface area (Å²) in [5.41, 5.74) is 6.46. The number of rotatable bonds is 3. The molecule has 7 heteroatoms. The van der Waals surface area contributed by atoms with Crippen LogP contribution in [0.2, 0.25) is 0 Å². The summed E-state index contributed by atoms with van der Waals surface area (Å²) >= 11 is 0. The first-order valence-corrected chi connectivity index (χ1v) is 6.59. The minimum Gasteiger partial charge on any atom is -0.497 e. The van der Waals surface area contributed by atoms with Gasteiger partial charge >= 0.3 is 6.03 Å². The van der Waals surface area contributed by atoms with Gasteiger partial charge in [-0.05, 0) is 18.2 Å². The summed E-state index contributed by atoms with van der Waals surface area (Å²) in [5, 5.41) is 3.79. The van der Waals surface area contributed by atoms with E-state index in [0.717, 1.165) is 16.7 Å². The number of carbonyl (C=O) groups excluding carboxylic acids is 2. The Balaban J connectivity index is 1.69. The van der Waals surface area contributed by atoms with Crippen LogP contribution in [0.5, 0.6) is 5.75 Å². The van der Waals surface area contributed by atoms with Gasteiger partial charge in [0.1, 0.15) is 11.4 Å². The Labute approximate surface area is 121 Å². The lowest BCUT2D eigenvalue weighted by Gasteiger charge is -2.38. The van der Waals surface area contributed by atoms with Crippen LogP contribution in [0.4, 0.5) is 4.79 Å².